The zero-order valence-electron chi connectivity index (χ0n) is 5.41. The molecule has 0 aromatic rings. The first-order chi connectivity index (χ1) is 5.25. The molecule has 2 aliphatic heterocycles. The summed E-state index contributed by atoms with van der Waals surface area (Å²) in [6.45, 7) is 0. The molecule has 0 radical (unpaired) electrons. The van der Waals surface area contributed by atoms with Gasteiger partial charge in [-0.25, -0.2) is 4.79 Å². The normalized spacial score (nSPS) is 27.4. The van der Waals surface area contributed by atoms with Gasteiger partial charge in [0, 0.05) is 0 Å². The number of fused-ring (bicyclic) bond motifs is 1. The van der Waals surface area contributed by atoms with E-state index in [1.165, 1.54) is 6.21 Å². The van der Waals surface area contributed by atoms with Gasteiger partial charge in [0.1, 0.15) is 11.2 Å². The van der Waals surface area contributed by atoms with Gasteiger partial charge in [-0.2, -0.15) is 4.99 Å². The van der Waals surface area contributed by atoms with Gasteiger partial charge in [0.25, 0.3) is 0 Å². The highest BCUT2D eigenvalue weighted by Gasteiger charge is 2.21. The van der Waals surface area contributed by atoms with Gasteiger partial charge in [0.05, 0.1) is 11.9 Å². The van der Waals surface area contributed by atoms with E-state index in [2.05, 4.69) is 15.3 Å². The molecule has 11 heavy (non-hydrogen) atoms. The van der Waals surface area contributed by atoms with Crippen LogP contribution in [-0.4, -0.2) is 23.5 Å². The average Bonchev–Trinajstić information content (AvgIpc) is 2.27. The predicted molar refractivity (Wildman–Crippen MR) is 42.2 cm³/mol. The number of hydrogen-bond donors (Lipinski definition) is 1. The van der Waals surface area contributed by atoms with Gasteiger partial charge >= 0.3 is 6.03 Å². The Labute approximate surface area is 67.7 Å². The number of nitrogens with one attached hydrogen (secondary N) is 1. The first-order valence-electron chi connectivity index (χ1n) is 3.05. The maximum atomic E-state index is 10.7. The van der Waals surface area contributed by atoms with Crippen LogP contribution in [-0.2, 0) is 0 Å². The van der Waals surface area contributed by atoms with Crippen molar-refractivity contribution in [2.24, 2.45) is 9.98 Å². The van der Waals surface area contributed by atoms with E-state index in [1.807, 2.05) is 0 Å². The summed E-state index contributed by atoms with van der Waals surface area (Å²) < 4.78 is 0. The highest BCUT2D eigenvalue weighted by Crippen LogP contribution is 2.12. The molecule has 0 aliphatic carbocycles. The fourth-order valence-corrected chi connectivity index (χ4v) is 1.11. The molecule has 2 heterocycles. The summed E-state index contributed by atoms with van der Waals surface area (Å²) in [5.41, 5.74) is 0.833. The van der Waals surface area contributed by atoms with Crippen molar-refractivity contribution >= 4 is 29.6 Å². The Kier molecular flexibility index (Phi) is 1.29. The molecular formula is C6H4ClN3O. The fourth-order valence-electron chi connectivity index (χ4n) is 0.925. The molecule has 2 aliphatic rings. The van der Waals surface area contributed by atoms with Crippen LogP contribution in [0.5, 0.6) is 0 Å². The molecule has 0 bridgehead atoms. The quantitative estimate of drug-likeness (QED) is 0.421. The lowest BCUT2D eigenvalue weighted by Crippen LogP contribution is -2.19. The van der Waals surface area contributed by atoms with E-state index in [-0.39, 0.29) is 11.5 Å². The van der Waals surface area contributed by atoms with Gasteiger partial charge in [-0.15, -0.1) is 0 Å². The zero-order valence-corrected chi connectivity index (χ0v) is 6.17. The summed E-state index contributed by atoms with van der Waals surface area (Å²) in [5, 5.41) is 2.53. The van der Waals surface area contributed by atoms with Crippen molar-refractivity contribution in [3.05, 3.63) is 11.8 Å². The van der Waals surface area contributed by atoms with Crippen molar-refractivity contribution in [3.63, 3.8) is 0 Å². The minimum Gasteiger partial charge on any atom is -0.304 e. The van der Waals surface area contributed by atoms with E-state index in [0.717, 1.165) is 0 Å². The molecule has 1 N–H and O–H groups in total. The number of halogens is 1. The molecule has 0 spiro atoms. The summed E-state index contributed by atoms with van der Waals surface area (Å²) >= 11 is 5.65. The van der Waals surface area contributed by atoms with Gasteiger partial charge in [0.15, 0.2) is 0 Å². The molecule has 4 nitrogen and oxygen atoms in total. The van der Waals surface area contributed by atoms with Gasteiger partial charge in [-0.1, -0.05) is 11.6 Å². The van der Waals surface area contributed by atoms with Gasteiger partial charge in [0.2, 0.25) is 0 Å². The van der Waals surface area contributed by atoms with Gasteiger partial charge in [-0.3, -0.25) is 4.99 Å². The summed E-state index contributed by atoms with van der Waals surface area (Å²) in [6, 6.07) is -0.358. The third-order valence-electron chi connectivity index (χ3n) is 1.38. The van der Waals surface area contributed by atoms with Crippen LogP contribution >= 0.6 is 11.6 Å². The highest BCUT2D eigenvalue weighted by molar-refractivity contribution is 6.43. The van der Waals surface area contributed by atoms with E-state index >= 15 is 0 Å². The minimum absolute atomic E-state index is 0.358. The second-order valence-electron chi connectivity index (χ2n) is 2.16. The maximum absolute atomic E-state index is 10.7. The van der Waals surface area contributed by atoms with E-state index in [0.29, 0.717) is 11.4 Å². The van der Waals surface area contributed by atoms with E-state index in [4.69, 9.17) is 11.6 Å². The van der Waals surface area contributed by atoms with Crippen molar-refractivity contribution < 1.29 is 4.79 Å². The summed E-state index contributed by atoms with van der Waals surface area (Å²) in [7, 11) is 0. The van der Waals surface area contributed by atoms with Crippen molar-refractivity contribution in [3.8, 4) is 0 Å². The Bertz CT molecular complexity index is 305. The van der Waals surface area contributed by atoms with Crippen LogP contribution in [0.25, 0.3) is 0 Å². The van der Waals surface area contributed by atoms with E-state index in [1.54, 1.807) is 6.08 Å². The number of urea groups is 1. The fraction of sp³-hybridized carbons (Fsp3) is 0.167. The number of carbonyl (C=O) groups is 1. The molecule has 0 fully saturated rings. The van der Waals surface area contributed by atoms with Crippen LogP contribution in [0.4, 0.5) is 4.79 Å². The van der Waals surface area contributed by atoms with Crippen LogP contribution in [0.1, 0.15) is 0 Å². The molecule has 2 amide bonds. The molecule has 1 atom stereocenters. The minimum atomic E-state index is -0.387. The number of aliphatic imine (C=N–C) groups is 2. The smallest absolute Gasteiger partial charge is 0.304 e. The number of amides is 2. The van der Waals surface area contributed by atoms with Crippen molar-refractivity contribution in [1.29, 1.82) is 0 Å². The summed E-state index contributed by atoms with van der Waals surface area (Å²) in [5.74, 6) is 0. The van der Waals surface area contributed by atoms with Crippen LogP contribution in [0, 0.1) is 0 Å². The van der Waals surface area contributed by atoms with Crippen LogP contribution in [0.2, 0.25) is 0 Å². The Balaban J connectivity index is 2.39. The molecular weight excluding hydrogens is 166 g/mol. The Morgan fingerprint density at radius 1 is 1.64 bits per heavy atom. The SMILES string of the molecule is O=C1N=C2C=NC(Cl)C=C2N1. The number of carbonyl (C=O) groups excluding carboxylic acids is 1. The van der Waals surface area contributed by atoms with Gasteiger partial charge in [-0.05, 0) is 6.08 Å². The highest BCUT2D eigenvalue weighted by atomic mass is 35.5. The summed E-state index contributed by atoms with van der Waals surface area (Å²) in [4.78, 5) is 18.2. The lowest BCUT2D eigenvalue weighted by Gasteiger charge is -2.05. The second kappa shape index (κ2) is 2.17. The molecule has 5 heteroatoms. The van der Waals surface area contributed by atoms with Crippen LogP contribution in [0.15, 0.2) is 21.8 Å². The number of dihydropyridines is 1. The average molecular weight is 170 g/mol. The van der Waals surface area contributed by atoms with Crippen LogP contribution in [0.3, 0.4) is 0 Å². The van der Waals surface area contributed by atoms with Crippen molar-refractivity contribution in [1.82, 2.24) is 5.32 Å². The molecule has 1 unspecified atom stereocenters. The molecule has 56 valence electrons. The lowest BCUT2D eigenvalue weighted by atomic mass is 10.2. The third kappa shape index (κ3) is 1.05. The summed E-state index contributed by atoms with van der Waals surface area (Å²) in [6.07, 6.45) is 3.14. The second-order valence-corrected chi connectivity index (χ2v) is 2.61. The van der Waals surface area contributed by atoms with E-state index in [9.17, 15) is 4.79 Å². The predicted octanol–water partition coefficient (Wildman–Crippen LogP) is 0.684. The van der Waals surface area contributed by atoms with Crippen LogP contribution < -0.4 is 5.32 Å². The van der Waals surface area contributed by atoms with Crippen molar-refractivity contribution in [2.45, 2.75) is 5.50 Å². The lowest BCUT2D eigenvalue weighted by molar-refractivity contribution is 0.253. The number of alkyl halides is 1. The van der Waals surface area contributed by atoms with Gasteiger partial charge < -0.3 is 5.32 Å². The number of nitrogens with zero attached hydrogens (tertiary/aromatic N) is 2. The molecule has 0 aromatic heterocycles. The molecule has 0 aromatic carbocycles. The molecule has 2 rings (SSSR count). The number of allylic oxidation sites excluding steroid dienone is 1. The van der Waals surface area contributed by atoms with E-state index < -0.39 is 0 Å². The topological polar surface area (TPSA) is 53.8 Å². The Morgan fingerprint density at radius 2 is 2.45 bits per heavy atom. The first kappa shape index (κ1) is 6.54. The molecule has 0 saturated carbocycles. The maximum Gasteiger partial charge on any atom is 0.346 e. The monoisotopic (exact) mass is 169 g/mol. The largest absolute Gasteiger partial charge is 0.346 e. The molecule has 0 saturated heterocycles. The Morgan fingerprint density at radius 3 is 3.27 bits per heavy atom. The third-order valence-corrected chi connectivity index (χ3v) is 1.62. The number of hydrogen-bond acceptors (Lipinski definition) is 2. The Hall–Kier alpha value is -1.16. The number of rotatable bonds is 0. The standard InChI is InChI=1S/C6H4ClN3O/c7-5-1-3-4(2-8-5)10-6(11)9-3/h1-2,5H,(H,9,11). The first-order valence-corrected chi connectivity index (χ1v) is 3.48. The van der Waals surface area contributed by atoms with Crippen molar-refractivity contribution in [2.75, 3.05) is 0 Å². The zero-order chi connectivity index (χ0) is 7.84.